The van der Waals surface area contributed by atoms with Crippen molar-refractivity contribution in [3.63, 3.8) is 0 Å². The first kappa shape index (κ1) is 22.2. The number of hydrogen-bond donors (Lipinski definition) is 2. The van der Waals surface area contributed by atoms with E-state index in [0.29, 0.717) is 12.1 Å². The molecule has 0 fully saturated rings. The molecule has 0 aliphatic rings. The summed E-state index contributed by atoms with van der Waals surface area (Å²) in [7, 11) is 0. The molecule has 0 aromatic heterocycles. The third-order valence-corrected chi connectivity index (χ3v) is 4.61. The van der Waals surface area contributed by atoms with Crippen molar-refractivity contribution in [1.29, 1.82) is 0 Å². The highest BCUT2D eigenvalue weighted by atomic mass is 16.2. The van der Waals surface area contributed by atoms with Gasteiger partial charge in [0.15, 0.2) is 0 Å². The van der Waals surface area contributed by atoms with Gasteiger partial charge in [0, 0.05) is 12.1 Å². The van der Waals surface area contributed by atoms with Crippen LogP contribution in [-0.4, -0.2) is 24.4 Å². The number of carbonyl (C=O) groups is 2. The molecule has 2 amide bonds. The molecule has 4 nitrogen and oxygen atoms in total. The van der Waals surface area contributed by atoms with E-state index in [9.17, 15) is 9.59 Å². The minimum absolute atomic E-state index is 0.120. The Labute approximate surface area is 159 Å². The summed E-state index contributed by atoms with van der Waals surface area (Å²) in [5, 5.41) is 5.65. The normalized spacial score (nSPS) is 11.8. The summed E-state index contributed by atoms with van der Waals surface area (Å²) >= 11 is 0. The summed E-state index contributed by atoms with van der Waals surface area (Å²) in [6.45, 7) is 4.65. The summed E-state index contributed by atoms with van der Waals surface area (Å²) in [5.74, 6) is -0.336. The molecule has 0 spiro atoms. The highest BCUT2D eigenvalue weighted by molar-refractivity contribution is 5.97. The van der Waals surface area contributed by atoms with Crippen LogP contribution in [0.15, 0.2) is 30.3 Å². The minimum Gasteiger partial charge on any atom is -0.354 e. The number of hydrogen-bond acceptors (Lipinski definition) is 2. The molecule has 0 aliphatic heterocycles. The van der Waals surface area contributed by atoms with E-state index in [0.717, 1.165) is 12.8 Å². The van der Waals surface area contributed by atoms with E-state index in [-0.39, 0.29) is 11.8 Å². The fourth-order valence-corrected chi connectivity index (χ4v) is 2.91. The molecule has 0 saturated carbocycles. The molecule has 0 radical (unpaired) electrons. The SMILES string of the molecule is CCCCCCCCCCCCNC(=O)[C@H](C)NC(=O)c1ccccc1. The fourth-order valence-electron chi connectivity index (χ4n) is 2.91. The number of unbranched alkanes of at least 4 members (excludes halogenated alkanes) is 9. The van der Waals surface area contributed by atoms with Crippen molar-refractivity contribution in [3.8, 4) is 0 Å². The molecule has 0 aliphatic carbocycles. The Bertz CT molecular complexity index is 502. The predicted molar refractivity (Wildman–Crippen MR) is 108 cm³/mol. The zero-order valence-corrected chi connectivity index (χ0v) is 16.6. The van der Waals surface area contributed by atoms with Gasteiger partial charge in [0.25, 0.3) is 5.91 Å². The highest BCUT2D eigenvalue weighted by Crippen LogP contribution is 2.10. The monoisotopic (exact) mass is 360 g/mol. The summed E-state index contributed by atoms with van der Waals surface area (Å²) < 4.78 is 0. The Balaban J connectivity index is 2.01. The van der Waals surface area contributed by atoms with E-state index in [1.54, 1.807) is 19.1 Å². The summed E-state index contributed by atoms with van der Waals surface area (Å²) in [5.41, 5.74) is 0.571. The third kappa shape index (κ3) is 10.2. The second-order valence-corrected chi connectivity index (χ2v) is 7.03. The molecule has 0 bridgehead atoms. The van der Waals surface area contributed by atoms with E-state index in [1.807, 2.05) is 18.2 Å². The average molecular weight is 361 g/mol. The van der Waals surface area contributed by atoms with Crippen LogP contribution in [0.4, 0.5) is 0 Å². The smallest absolute Gasteiger partial charge is 0.251 e. The van der Waals surface area contributed by atoms with Gasteiger partial charge in [-0.15, -0.1) is 0 Å². The number of amides is 2. The van der Waals surface area contributed by atoms with Gasteiger partial charge in [-0.05, 0) is 25.5 Å². The molecule has 0 unspecified atom stereocenters. The predicted octanol–water partition coefficient (Wildman–Crippen LogP) is 4.84. The Morgan fingerprint density at radius 2 is 1.38 bits per heavy atom. The molecule has 146 valence electrons. The lowest BCUT2D eigenvalue weighted by atomic mass is 10.1. The van der Waals surface area contributed by atoms with Crippen molar-refractivity contribution < 1.29 is 9.59 Å². The van der Waals surface area contributed by atoms with Gasteiger partial charge in [-0.3, -0.25) is 9.59 Å². The Kier molecular flexibility index (Phi) is 12.2. The minimum atomic E-state index is -0.522. The zero-order valence-electron chi connectivity index (χ0n) is 16.6. The van der Waals surface area contributed by atoms with Crippen LogP contribution in [0.3, 0.4) is 0 Å². The van der Waals surface area contributed by atoms with Gasteiger partial charge in [-0.25, -0.2) is 0 Å². The quantitative estimate of drug-likeness (QED) is 0.466. The lowest BCUT2D eigenvalue weighted by Crippen LogP contribution is -2.45. The maximum absolute atomic E-state index is 12.0. The largest absolute Gasteiger partial charge is 0.354 e. The molecule has 26 heavy (non-hydrogen) atoms. The van der Waals surface area contributed by atoms with Gasteiger partial charge < -0.3 is 10.6 Å². The number of nitrogens with one attached hydrogen (secondary N) is 2. The molecule has 1 atom stereocenters. The van der Waals surface area contributed by atoms with E-state index < -0.39 is 6.04 Å². The standard InChI is InChI=1S/C22H36N2O2/c1-3-4-5-6-7-8-9-10-11-15-18-23-21(25)19(2)24-22(26)20-16-13-12-14-17-20/h12-14,16-17,19H,3-11,15,18H2,1-2H3,(H,23,25)(H,24,26)/t19-/m0/s1. The molecule has 4 heteroatoms. The van der Waals surface area contributed by atoms with E-state index in [4.69, 9.17) is 0 Å². The van der Waals surface area contributed by atoms with Crippen LogP contribution in [0.5, 0.6) is 0 Å². The van der Waals surface area contributed by atoms with E-state index >= 15 is 0 Å². The maximum atomic E-state index is 12.0. The van der Waals surface area contributed by atoms with Crippen molar-refractivity contribution in [3.05, 3.63) is 35.9 Å². The molecular formula is C22H36N2O2. The average Bonchev–Trinajstić information content (AvgIpc) is 2.66. The van der Waals surface area contributed by atoms with Gasteiger partial charge in [0.1, 0.15) is 6.04 Å². The van der Waals surface area contributed by atoms with Gasteiger partial charge in [0.05, 0.1) is 0 Å². The van der Waals surface area contributed by atoms with Gasteiger partial charge in [0.2, 0.25) is 5.91 Å². The summed E-state index contributed by atoms with van der Waals surface area (Å²) in [6.07, 6.45) is 12.8. The molecule has 1 aromatic rings. The van der Waals surface area contributed by atoms with Crippen molar-refractivity contribution in [2.24, 2.45) is 0 Å². The van der Waals surface area contributed by atoms with Gasteiger partial charge in [-0.1, -0.05) is 82.9 Å². The Hall–Kier alpha value is -1.84. The van der Waals surface area contributed by atoms with Crippen LogP contribution in [0.2, 0.25) is 0 Å². The summed E-state index contributed by atoms with van der Waals surface area (Å²) in [6, 6.07) is 8.44. The van der Waals surface area contributed by atoms with E-state index in [1.165, 1.54) is 51.4 Å². The first-order valence-corrected chi connectivity index (χ1v) is 10.3. The first-order valence-electron chi connectivity index (χ1n) is 10.3. The lowest BCUT2D eigenvalue weighted by molar-refractivity contribution is -0.122. The Morgan fingerprint density at radius 1 is 0.846 bits per heavy atom. The topological polar surface area (TPSA) is 58.2 Å². The van der Waals surface area contributed by atoms with Crippen LogP contribution >= 0.6 is 0 Å². The van der Waals surface area contributed by atoms with Gasteiger partial charge in [-0.2, -0.15) is 0 Å². The second kappa shape index (κ2) is 14.3. The number of benzene rings is 1. The maximum Gasteiger partial charge on any atom is 0.251 e. The van der Waals surface area contributed by atoms with Crippen molar-refractivity contribution in [2.45, 2.75) is 84.1 Å². The van der Waals surface area contributed by atoms with Crippen molar-refractivity contribution in [1.82, 2.24) is 10.6 Å². The highest BCUT2D eigenvalue weighted by Gasteiger charge is 2.15. The van der Waals surface area contributed by atoms with Crippen LogP contribution in [0, 0.1) is 0 Å². The summed E-state index contributed by atoms with van der Waals surface area (Å²) in [4.78, 5) is 24.1. The van der Waals surface area contributed by atoms with Crippen molar-refractivity contribution in [2.75, 3.05) is 6.54 Å². The molecule has 1 rings (SSSR count). The molecular weight excluding hydrogens is 324 g/mol. The lowest BCUT2D eigenvalue weighted by Gasteiger charge is -2.14. The zero-order chi connectivity index (χ0) is 19.0. The molecule has 1 aromatic carbocycles. The van der Waals surface area contributed by atoms with E-state index in [2.05, 4.69) is 17.6 Å². The van der Waals surface area contributed by atoms with Crippen LogP contribution in [-0.2, 0) is 4.79 Å². The van der Waals surface area contributed by atoms with Crippen LogP contribution < -0.4 is 10.6 Å². The molecule has 2 N–H and O–H groups in total. The first-order chi connectivity index (χ1) is 12.6. The van der Waals surface area contributed by atoms with Gasteiger partial charge >= 0.3 is 0 Å². The number of carbonyl (C=O) groups excluding carboxylic acids is 2. The van der Waals surface area contributed by atoms with Crippen LogP contribution in [0.1, 0.15) is 88.4 Å². The third-order valence-electron chi connectivity index (χ3n) is 4.61. The molecule has 0 saturated heterocycles. The molecule has 0 heterocycles. The fraction of sp³-hybridized carbons (Fsp3) is 0.636. The Morgan fingerprint density at radius 3 is 1.96 bits per heavy atom. The second-order valence-electron chi connectivity index (χ2n) is 7.03. The van der Waals surface area contributed by atoms with Crippen LogP contribution in [0.25, 0.3) is 0 Å². The van der Waals surface area contributed by atoms with Crippen molar-refractivity contribution >= 4 is 11.8 Å². The number of rotatable bonds is 14.